The number of benzene rings is 1. The Hall–Kier alpha value is -2.58. The average molecular weight is 382 g/mol. The van der Waals surface area contributed by atoms with Crippen LogP contribution in [-0.2, 0) is 17.8 Å². The summed E-state index contributed by atoms with van der Waals surface area (Å²) in [6, 6.07) is 12.3. The minimum Gasteiger partial charge on any atom is -0.354 e. The Morgan fingerprint density at radius 1 is 1.22 bits per heavy atom. The number of likely N-dealkylation sites (tertiary alicyclic amines) is 1. The molecule has 8 heteroatoms. The molecule has 1 saturated heterocycles. The number of aromatic nitrogens is 4. The molecule has 7 nitrogen and oxygen atoms in total. The zero-order chi connectivity index (χ0) is 18.5. The van der Waals surface area contributed by atoms with Gasteiger partial charge in [-0.15, -0.1) is 5.10 Å². The number of nitrogens with zero attached hydrogens (tertiary/aromatic N) is 5. The van der Waals surface area contributed by atoms with E-state index in [9.17, 15) is 4.79 Å². The summed E-state index contributed by atoms with van der Waals surface area (Å²) in [6.07, 6.45) is 3.18. The first kappa shape index (κ1) is 17.8. The maximum absolute atomic E-state index is 12.9. The molecule has 3 aromatic rings. The predicted octanol–water partition coefficient (Wildman–Crippen LogP) is 1.91. The lowest BCUT2D eigenvalue weighted by molar-refractivity contribution is -0.125. The molecule has 0 radical (unpaired) electrons. The number of nitrogens with one attached hydrogen (secondary N) is 1. The van der Waals surface area contributed by atoms with Crippen molar-refractivity contribution in [3.05, 3.63) is 64.6 Å². The molecule has 27 heavy (non-hydrogen) atoms. The molecule has 1 N–H and O–H groups in total. The minimum atomic E-state index is -0.171. The second kappa shape index (κ2) is 8.41. The van der Waals surface area contributed by atoms with Crippen LogP contribution in [0.25, 0.3) is 0 Å². The fraction of sp³-hybridized carbons (Fsp3) is 0.368. The van der Waals surface area contributed by atoms with Crippen LogP contribution in [0, 0.1) is 0 Å². The molecule has 0 bridgehead atoms. The Bertz CT molecular complexity index is 836. The van der Waals surface area contributed by atoms with Gasteiger partial charge in [-0.3, -0.25) is 9.69 Å². The Labute approximate surface area is 162 Å². The highest BCUT2D eigenvalue weighted by Gasteiger charge is 2.38. The molecule has 1 amide bonds. The lowest BCUT2D eigenvalue weighted by Crippen LogP contribution is -2.43. The van der Waals surface area contributed by atoms with Crippen molar-refractivity contribution in [2.75, 3.05) is 13.1 Å². The molecular weight excluding hydrogens is 360 g/mol. The first-order valence-corrected chi connectivity index (χ1v) is 10.0. The van der Waals surface area contributed by atoms with E-state index in [0.29, 0.717) is 13.0 Å². The van der Waals surface area contributed by atoms with Gasteiger partial charge in [0.2, 0.25) is 5.91 Å². The number of carbonyl (C=O) groups is 1. The van der Waals surface area contributed by atoms with Gasteiger partial charge in [0, 0.05) is 19.6 Å². The van der Waals surface area contributed by atoms with E-state index in [-0.39, 0.29) is 18.0 Å². The topological polar surface area (TPSA) is 75.9 Å². The van der Waals surface area contributed by atoms with Crippen LogP contribution in [0.2, 0.25) is 0 Å². The molecule has 4 rings (SSSR count). The van der Waals surface area contributed by atoms with Crippen molar-refractivity contribution >= 4 is 17.2 Å². The van der Waals surface area contributed by atoms with Crippen LogP contribution in [0.5, 0.6) is 0 Å². The third kappa shape index (κ3) is 4.40. The zero-order valence-electron chi connectivity index (χ0n) is 14.9. The van der Waals surface area contributed by atoms with Gasteiger partial charge in [-0.1, -0.05) is 30.3 Å². The second-order valence-electron chi connectivity index (χ2n) is 6.78. The number of thiophene rings is 1. The van der Waals surface area contributed by atoms with Gasteiger partial charge < -0.3 is 5.32 Å². The molecule has 1 fully saturated rings. The van der Waals surface area contributed by atoms with E-state index in [0.717, 1.165) is 19.5 Å². The molecule has 3 heterocycles. The third-order valence-corrected chi connectivity index (χ3v) is 5.68. The SMILES string of the molecule is O=C(NCCc1ccccc1)[C@@H]1C[C@@H](n2cnnn2)CN1Cc1ccsc1. The molecule has 2 aromatic heterocycles. The van der Waals surface area contributed by atoms with Crippen molar-refractivity contribution in [2.45, 2.75) is 31.5 Å². The van der Waals surface area contributed by atoms with E-state index in [4.69, 9.17) is 0 Å². The summed E-state index contributed by atoms with van der Waals surface area (Å²) >= 11 is 1.68. The number of carbonyl (C=O) groups excluding carboxylic acids is 1. The summed E-state index contributed by atoms with van der Waals surface area (Å²) in [4.78, 5) is 15.1. The fourth-order valence-corrected chi connectivity index (χ4v) is 4.22. The molecule has 0 aliphatic carbocycles. The second-order valence-corrected chi connectivity index (χ2v) is 7.56. The van der Waals surface area contributed by atoms with Crippen molar-refractivity contribution in [3.63, 3.8) is 0 Å². The molecule has 2 atom stereocenters. The van der Waals surface area contributed by atoms with Crippen LogP contribution in [-0.4, -0.2) is 50.1 Å². The van der Waals surface area contributed by atoms with E-state index < -0.39 is 0 Å². The van der Waals surface area contributed by atoms with Gasteiger partial charge in [0.05, 0.1) is 12.1 Å². The number of hydrogen-bond acceptors (Lipinski definition) is 6. The molecule has 140 valence electrons. The van der Waals surface area contributed by atoms with Gasteiger partial charge in [-0.05, 0) is 51.2 Å². The van der Waals surface area contributed by atoms with Gasteiger partial charge in [0.1, 0.15) is 6.33 Å². The summed E-state index contributed by atoms with van der Waals surface area (Å²) in [7, 11) is 0. The predicted molar refractivity (Wildman–Crippen MR) is 103 cm³/mol. The molecule has 0 saturated carbocycles. The number of tetrazole rings is 1. The quantitative estimate of drug-likeness (QED) is 0.676. The van der Waals surface area contributed by atoms with Crippen molar-refractivity contribution in [3.8, 4) is 0 Å². The van der Waals surface area contributed by atoms with E-state index in [1.54, 1.807) is 22.3 Å². The maximum atomic E-state index is 12.9. The van der Waals surface area contributed by atoms with Crippen molar-refractivity contribution < 1.29 is 4.79 Å². The van der Waals surface area contributed by atoms with Gasteiger partial charge in [0.15, 0.2) is 0 Å². The molecule has 1 aliphatic heterocycles. The van der Waals surface area contributed by atoms with Gasteiger partial charge in [-0.2, -0.15) is 11.3 Å². The van der Waals surface area contributed by atoms with E-state index in [2.05, 4.69) is 54.7 Å². The number of rotatable bonds is 7. The van der Waals surface area contributed by atoms with Crippen LogP contribution in [0.4, 0.5) is 0 Å². The standard InChI is InChI=1S/C19H22N6OS/c26-19(20-8-6-15-4-2-1-3-5-15)18-10-17(25-14-21-22-23-25)12-24(18)11-16-7-9-27-13-16/h1-5,7,9,13-14,17-18H,6,8,10-12H2,(H,20,26)/t17-,18+/m1/s1. The number of amides is 1. The summed E-state index contributed by atoms with van der Waals surface area (Å²) < 4.78 is 1.76. The van der Waals surface area contributed by atoms with Crippen molar-refractivity contribution in [1.29, 1.82) is 0 Å². The van der Waals surface area contributed by atoms with Crippen LogP contribution < -0.4 is 5.32 Å². The Kier molecular flexibility index (Phi) is 5.55. The normalized spacial score (nSPS) is 20.0. The lowest BCUT2D eigenvalue weighted by atomic mass is 10.1. The number of hydrogen-bond donors (Lipinski definition) is 1. The maximum Gasteiger partial charge on any atom is 0.237 e. The third-order valence-electron chi connectivity index (χ3n) is 4.94. The molecular formula is C19H22N6OS. The minimum absolute atomic E-state index is 0.0803. The molecule has 1 aliphatic rings. The zero-order valence-corrected chi connectivity index (χ0v) is 15.8. The van der Waals surface area contributed by atoms with Crippen LogP contribution >= 0.6 is 11.3 Å². The van der Waals surface area contributed by atoms with Crippen molar-refractivity contribution in [1.82, 2.24) is 30.4 Å². The summed E-state index contributed by atoms with van der Waals surface area (Å²) in [5, 5.41) is 18.8. The van der Waals surface area contributed by atoms with Gasteiger partial charge >= 0.3 is 0 Å². The first-order chi connectivity index (χ1) is 13.3. The molecule has 0 spiro atoms. The van der Waals surface area contributed by atoms with E-state index in [1.807, 2.05) is 18.2 Å². The lowest BCUT2D eigenvalue weighted by Gasteiger charge is -2.23. The fourth-order valence-electron chi connectivity index (χ4n) is 3.56. The highest BCUT2D eigenvalue weighted by atomic mass is 32.1. The largest absolute Gasteiger partial charge is 0.354 e. The smallest absolute Gasteiger partial charge is 0.237 e. The average Bonchev–Trinajstić information content (AvgIpc) is 3.45. The molecule has 0 unspecified atom stereocenters. The first-order valence-electron chi connectivity index (χ1n) is 9.09. The highest BCUT2D eigenvalue weighted by Crippen LogP contribution is 2.28. The molecule has 1 aromatic carbocycles. The summed E-state index contributed by atoms with van der Waals surface area (Å²) in [6.45, 7) is 2.16. The summed E-state index contributed by atoms with van der Waals surface area (Å²) in [5.74, 6) is 0.0803. The van der Waals surface area contributed by atoms with E-state index >= 15 is 0 Å². The van der Waals surface area contributed by atoms with Crippen LogP contribution in [0.1, 0.15) is 23.6 Å². The Morgan fingerprint density at radius 3 is 2.85 bits per heavy atom. The monoisotopic (exact) mass is 382 g/mol. The van der Waals surface area contributed by atoms with Crippen LogP contribution in [0.3, 0.4) is 0 Å². The van der Waals surface area contributed by atoms with Gasteiger partial charge in [0.25, 0.3) is 0 Å². The Balaban J connectivity index is 1.39. The summed E-state index contributed by atoms with van der Waals surface area (Å²) in [5.41, 5.74) is 2.46. The highest BCUT2D eigenvalue weighted by molar-refractivity contribution is 7.07. The van der Waals surface area contributed by atoms with E-state index in [1.165, 1.54) is 11.1 Å². The Morgan fingerprint density at radius 2 is 2.11 bits per heavy atom. The van der Waals surface area contributed by atoms with Crippen molar-refractivity contribution in [2.24, 2.45) is 0 Å². The van der Waals surface area contributed by atoms with Crippen LogP contribution in [0.15, 0.2) is 53.5 Å². The van der Waals surface area contributed by atoms with Gasteiger partial charge in [-0.25, -0.2) is 4.68 Å².